The lowest BCUT2D eigenvalue weighted by Crippen LogP contribution is -2.13. The van der Waals surface area contributed by atoms with Gasteiger partial charge in [-0.25, -0.2) is 4.39 Å². The van der Waals surface area contributed by atoms with Crippen LogP contribution in [-0.4, -0.2) is 4.83 Å². The number of alkyl halides is 1. The summed E-state index contributed by atoms with van der Waals surface area (Å²) in [5, 5.41) is 0. The fourth-order valence-electron chi connectivity index (χ4n) is 2.45. The van der Waals surface area contributed by atoms with E-state index in [1.807, 2.05) is 6.07 Å². The van der Waals surface area contributed by atoms with Crippen molar-refractivity contribution in [3.8, 4) is 0 Å². The molecule has 0 radical (unpaired) electrons. The van der Waals surface area contributed by atoms with Crippen LogP contribution in [0.1, 0.15) is 25.3 Å². The molecule has 1 saturated carbocycles. The maximum atomic E-state index is 13.0. The third-order valence-corrected chi connectivity index (χ3v) is 5.65. The molecular weight excluding hydrogens is 335 g/mol. The number of halogens is 3. The topological polar surface area (TPSA) is 0 Å². The second kappa shape index (κ2) is 5.18. The van der Waals surface area contributed by atoms with Gasteiger partial charge >= 0.3 is 0 Å². The van der Waals surface area contributed by atoms with Gasteiger partial charge in [-0.1, -0.05) is 44.8 Å². The summed E-state index contributed by atoms with van der Waals surface area (Å²) in [5.74, 6) is 1.25. The second-order valence-electron chi connectivity index (χ2n) is 4.65. The molecule has 0 amide bonds. The Labute approximate surface area is 113 Å². The average Bonchev–Trinajstić information content (AvgIpc) is 2.54. The maximum absolute atomic E-state index is 13.0. The molecule has 1 fully saturated rings. The standard InChI is InChI=1S/C13H15Br2F/c1-8-9(3-5-12(8)14)6-10-2-4-11(16)7-13(10)15/h2,4,7-9,12H,3,5-6H2,1H3. The van der Waals surface area contributed by atoms with Crippen LogP contribution in [-0.2, 0) is 6.42 Å². The lowest BCUT2D eigenvalue weighted by atomic mass is 9.91. The zero-order chi connectivity index (χ0) is 11.7. The fourth-order valence-corrected chi connectivity index (χ4v) is 3.66. The van der Waals surface area contributed by atoms with Gasteiger partial charge in [0, 0.05) is 9.30 Å². The monoisotopic (exact) mass is 348 g/mol. The smallest absolute Gasteiger partial charge is 0.124 e. The van der Waals surface area contributed by atoms with Gasteiger partial charge in [0.05, 0.1) is 0 Å². The van der Waals surface area contributed by atoms with E-state index in [-0.39, 0.29) is 5.82 Å². The second-order valence-corrected chi connectivity index (χ2v) is 6.68. The van der Waals surface area contributed by atoms with E-state index in [9.17, 15) is 4.39 Å². The molecular formula is C13H15Br2F. The van der Waals surface area contributed by atoms with E-state index in [0.29, 0.717) is 16.7 Å². The van der Waals surface area contributed by atoms with Gasteiger partial charge < -0.3 is 0 Å². The minimum absolute atomic E-state index is 0.173. The molecule has 0 bridgehead atoms. The largest absolute Gasteiger partial charge is 0.207 e. The highest BCUT2D eigenvalue weighted by atomic mass is 79.9. The van der Waals surface area contributed by atoms with Gasteiger partial charge in [0.2, 0.25) is 0 Å². The Kier molecular flexibility index (Phi) is 4.06. The Balaban J connectivity index is 2.09. The van der Waals surface area contributed by atoms with Gasteiger partial charge in [-0.3, -0.25) is 0 Å². The Morgan fingerprint density at radius 1 is 1.38 bits per heavy atom. The first kappa shape index (κ1) is 12.6. The molecule has 0 spiro atoms. The van der Waals surface area contributed by atoms with Crippen molar-refractivity contribution in [1.29, 1.82) is 0 Å². The Hall–Kier alpha value is 0.110. The first-order valence-corrected chi connectivity index (χ1v) is 7.37. The van der Waals surface area contributed by atoms with Crippen molar-refractivity contribution >= 4 is 31.9 Å². The molecule has 1 aliphatic rings. The van der Waals surface area contributed by atoms with Crippen LogP contribution in [0.3, 0.4) is 0 Å². The summed E-state index contributed by atoms with van der Waals surface area (Å²) in [6.45, 7) is 2.30. The van der Waals surface area contributed by atoms with E-state index in [4.69, 9.17) is 0 Å². The highest BCUT2D eigenvalue weighted by Gasteiger charge is 2.31. The van der Waals surface area contributed by atoms with E-state index in [0.717, 1.165) is 10.9 Å². The normalized spacial score (nSPS) is 29.6. The zero-order valence-corrected chi connectivity index (χ0v) is 12.4. The van der Waals surface area contributed by atoms with Crippen molar-refractivity contribution in [2.45, 2.75) is 31.0 Å². The third kappa shape index (κ3) is 2.67. The minimum Gasteiger partial charge on any atom is -0.207 e. The van der Waals surface area contributed by atoms with Gasteiger partial charge in [0.1, 0.15) is 5.82 Å². The van der Waals surface area contributed by atoms with E-state index in [1.165, 1.54) is 18.4 Å². The van der Waals surface area contributed by atoms with Crippen molar-refractivity contribution in [3.63, 3.8) is 0 Å². The summed E-state index contributed by atoms with van der Waals surface area (Å²) >= 11 is 7.15. The van der Waals surface area contributed by atoms with Crippen LogP contribution >= 0.6 is 31.9 Å². The van der Waals surface area contributed by atoms with Gasteiger partial charge in [0.15, 0.2) is 0 Å². The predicted octanol–water partition coefficient (Wildman–Crippen LogP) is 4.94. The third-order valence-electron chi connectivity index (χ3n) is 3.62. The molecule has 2 rings (SSSR count). The molecule has 3 atom stereocenters. The van der Waals surface area contributed by atoms with Gasteiger partial charge in [0.25, 0.3) is 0 Å². The molecule has 88 valence electrons. The lowest BCUT2D eigenvalue weighted by molar-refractivity contribution is 0.422. The number of hydrogen-bond donors (Lipinski definition) is 0. The maximum Gasteiger partial charge on any atom is 0.124 e. The summed E-state index contributed by atoms with van der Waals surface area (Å²) in [6.07, 6.45) is 3.57. The number of hydrogen-bond acceptors (Lipinski definition) is 0. The van der Waals surface area contributed by atoms with Crippen LogP contribution in [0.5, 0.6) is 0 Å². The fraction of sp³-hybridized carbons (Fsp3) is 0.538. The summed E-state index contributed by atoms with van der Waals surface area (Å²) in [6, 6.07) is 5.00. The van der Waals surface area contributed by atoms with Crippen molar-refractivity contribution in [1.82, 2.24) is 0 Å². The molecule has 0 aromatic heterocycles. The SMILES string of the molecule is CC1C(Br)CCC1Cc1ccc(F)cc1Br. The number of rotatable bonds is 2. The van der Waals surface area contributed by atoms with Crippen LogP contribution in [0, 0.1) is 17.7 Å². The summed E-state index contributed by atoms with van der Waals surface area (Å²) in [4.78, 5) is 0.650. The van der Waals surface area contributed by atoms with Gasteiger partial charge in [-0.15, -0.1) is 0 Å². The molecule has 0 saturated heterocycles. The van der Waals surface area contributed by atoms with E-state index in [1.54, 1.807) is 12.1 Å². The van der Waals surface area contributed by atoms with Crippen LogP contribution in [0.25, 0.3) is 0 Å². The summed E-state index contributed by atoms with van der Waals surface area (Å²) < 4.78 is 13.9. The van der Waals surface area contributed by atoms with Crippen molar-refractivity contribution in [2.75, 3.05) is 0 Å². The molecule has 1 aromatic rings. The van der Waals surface area contributed by atoms with Crippen LogP contribution in [0.2, 0.25) is 0 Å². The van der Waals surface area contributed by atoms with Gasteiger partial charge in [-0.2, -0.15) is 0 Å². The zero-order valence-electron chi connectivity index (χ0n) is 9.22. The molecule has 3 heteroatoms. The molecule has 3 unspecified atom stereocenters. The molecule has 0 aliphatic heterocycles. The van der Waals surface area contributed by atoms with Crippen LogP contribution in [0.15, 0.2) is 22.7 Å². The average molecular weight is 350 g/mol. The minimum atomic E-state index is -0.173. The Morgan fingerprint density at radius 3 is 2.69 bits per heavy atom. The van der Waals surface area contributed by atoms with E-state index >= 15 is 0 Å². The molecule has 0 N–H and O–H groups in total. The molecule has 1 aromatic carbocycles. The highest BCUT2D eigenvalue weighted by molar-refractivity contribution is 9.10. The van der Waals surface area contributed by atoms with Crippen molar-refractivity contribution < 1.29 is 4.39 Å². The summed E-state index contributed by atoms with van der Waals surface area (Å²) in [5.41, 5.74) is 1.22. The van der Waals surface area contributed by atoms with Crippen molar-refractivity contribution in [2.24, 2.45) is 11.8 Å². The molecule has 1 aliphatic carbocycles. The predicted molar refractivity (Wildman–Crippen MR) is 72.4 cm³/mol. The van der Waals surface area contributed by atoms with E-state index < -0.39 is 0 Å². The molecule has 0 nitrogen and oxygen atoms in total. The van der Waals surface area contributed by atoms with Crippen LogP contribution in [0.4, 0.5) is 4.39 Å². The van der Waals surface area contributed by atoms with Gasteiger partial charge in [-0.05, 0) is 48.8 Å². The lowest BCUT2D eigenvalue weighted by Gasteiger charge is -2.18. The van der Waals surface area contributed by atoms with Crippen molar-refractivity contribution in [3.05, 3.63) is 34.1 Å². The number of benzene rings is 1. The Morgan fingerprint density at radius 2 is 2.12 bits per heavy atom. The van der Waals surface area contributed by atoms with E-state index in [2.05, 4.69) is 38.8 Å². The van der Waals surface area contributed by atoms with Crippen LogP contribution < -0.4 is 0 Å². The first-order valence-electron chi connectivity index (χ1n) is 5.66. The quantitative estimate of drug-likeness (QED) is 0.663. The molecule has 0 heterocycles. The molecule has 16 heavy (non-hydrogen) atoms. The summed E-state index contributed by atoms with van der Waals surface area (Å²) in [7, 11) is 0. The highest BCUT2D eigenvalue weighted by Crippen LogP contribution is 2.39. The first-order chi connectivity index (χ1) is 7.58. The Bertz CT molecular complexity index is 378.